The number of carbonyl (C=O) groups is 1. The smallest absolute Gasteiger partial charge is 0.336 e. The first-order chi connectivity index (χ1) is 5.13. The van der Waals surface area contributed by atoms with Gasteiger partial charge in [0.1, 0.15) is 0 Å². The van der Waals surface area contributed by atoms with Crippen molar-refractivity contribution in [3.05, 3.63) is 36.1 Å². The number of hydrogen-bond acceptors (Lipinski definition) is 2. The summed E-state index contributed by atoms with van der Waals surface area (Å²) < 4.78 is 0. The molecule has 0 aromatic rings. The maximum absolute atomic E-state index is 10.4. The van der Waals surface area contributed by atoms with Gasteiger partial charge >= 0.3 is 5.97 Å². The summed E-state index contributed by atoms with van der Waals surface area (Å²) >= 11 is 0. The van der Waals surface area contributed by atoms with Crippen LogP contribution in [0, 0.1) is 0 Å². The first-order valence-corrected chi connectivity index (χ1v) is 3.00. The number of allylic oxidation sites excluding steroid dienone is 2. The van der Waals surface area contributed by atoms with Gasteiger partial charge in [0.05, 0.1) is 11.8 Å². The molecule has 0 spiro atoms. The second-order valence-electron chi connectivity index (χ2n) is 1.92. The molecule has 3 nitrogen and oxygen atoms in total. The summed E-state index contributed by atoms with van der Waals surface area (Å²) in [7, 11) is 0. The van der Waals surface area contributed by atoms with Crippen LogP contribution in [0.4, 0.5) is 0 Å². The summed E-state index contributed by atoms with van der Waals surface area (Å²) in [4.78, 5) is 10.4. The normalized spacial score (nSPS) is 12.8. The van der Waals surface area contributed by atoms with E-state index in [9.17, 15) is 4.79 Å². The third-order valence-corrected chi connectivity index (χ3v) is 1.20. The van der Waals surface area contributed by atoms with E-state index in [4.69, 9.17) is 10.2 Å². The quantitative estimate of drug-likeness (QED) is 0.369. The Morgan fingerprint density at radius 2 is 2.09 bits per heavy atom. The molecule has 60 valence electrons. The first kappa shape index (κ1) is 9.49. The number of aliphatic hydroxyl groups excluding tert-OH is 1. The topological polar surface area (TPSA) is 57.5 Å². The Morgan fingerprint density at radius 3 is 2.36 bits per heavy atom. The third kappa shape index (κ3) is 2.71. The monoisotopic (exact) mass is 154 g/mol. The third-order valence-electron chi connectivity index (χ3n) is 1.20. The van der Waals surface area contributed by atoms with Crippen LogP contribution in [0.1, 0.15) is 6.92 Å². The van der Waals surface area contributed by atoms with E-state index < -0.39 is 5.97 Å². The van der Waals surface area contributed by atoms with Crippen LogP contribution in [0.3, 0.4) is 0 Å². The zero-order valence-electron chi connectivity index (χ0n) is 6.24. The molecule has 0 radical (unpaired) electrons. The van der Waals surface area contributed by atoms with E-state index in [2.05, 4.69) is 6.58 Å². The maximum Gasteiger partial charge on any atom is 0.336 e. The Balaban J connectivity index is 4.87. The summed E-state index contributed by atoms with van der Waals surface area (Å²) in [6.07, 6.45) is 3.22. The number of aliphatic hydroxyl groups is 1. The Morgan fingerprint density at radius 1 is 1.55 bits per heavy atom. The lowest BCUT2D eigenvalue weighted by atomic mass is 10.1. The van der Waals surface area contributed by atoms with E-state index in [-0.39, 0.29) is 5.57 Å². The zero-order valence-corrected chi connectivity index (χ0v) is 6.24. The van der Waals surface area contributed by atoms with Crippen LogP contribution in [0.15, 0.2) is 36.1 Å². The summed E-state index contributed by atoms with van der Waals surface area (Å²) in [5, 5.41) is 16.9. The molecule has 0 aromatic carbocycles. The number of rotatable bonds is 3. The van der Waals surface area contributed by atoms with Crippen molar-refractivity contribution in [3.8, 4) is 0 Å². The lowest BCUT2D eigenvalue weighted by molar-refractivity contribution is -0.132. The van der Waals surface area contributed by atoms with Gasteiger partial charge in [-0.3, -0.25) is 0 Å². The van der Waals surface area contributed by atoms with Gasteiger partial charge in [0.25, 0.3) is 0 Å². The van der Waals surface area contributed by atoms with Crippen molar-refractivity contribution in [2.75, 3.05) is 0 Å². The van der Waals surface area contributed by atoms with Crippen molar-refractivity contribution in [2.24, 2.45) is 0 Å². The average molecular weight is 154 g/mol. The highest BCUT2D eigenvalue weighted by molar-refractivity contribution is 5.91. The number of carboxylic acid groups (broad SMARTS) is 1. The Labute approximate surface area is 65.0 Å². The van der Waals surface area contributed by atoms with Crippen molar-refractivity contribution in [1.82, 2.24) is 0 Å². The molecule has 0 aromatic heterocycles. The molecule has 0 aliphatic heterocycles. The fourth-order valence-electron chi connectivity index (χ4n) is 0.556. The summed E-state index contributed by atoms with van der Waals surface area (Å²) in [6.45, 7) is 5.02. The molecule has 3 heteroatoms. The van der Waals surface area contributed by atoms with Crippen molar-refractivity contribution in [3.63, 3.8) is 0 Å². The van der Waals surface area contributed by atoms with Gasteiger partial charge in [0.2, 0.25) is 0 Å². The van der Waals surface area contributed by atoms with Crippen LogP contribution >= 0.6 is 0 Å². The fourth-order valence-corrected chi connectivity index (χ4v) is 0.556. The van der Waals surface area contributed by atoms with E-state index in [1.165, 1.54) is 6.08 Å². The molecule has 0 saturated carbocycles. The van der Waals surface area contributed by atoms with Gasteiger partial charge in [-0.1, -0.05) is 12.7 Å². The predicted octanol–water partition coefficient (Wildman–Crippen LogP) is 1.65. The number of aliphatic carboxylic acids is 1. The minimum absolute atomic E-state index is 0.0440. The fraction of sp³-hybridized carbons (Fsp3) is 0.125. The summed E-state index contributed by atoms with van der Waals surface area (Å²) in [6, 6.07) is 0. The van der Waals surface area contributed by atoms with E-state index in [0.717, 1.165) is 6.08 Å². The van der Waals surface area contributed by atoms with Gasteiger partial charge < -0.3 is 10.2 Å². The van der Waals surface area contributed by atoms with Crippen LogP contribution in [-0.2, 0) is 4.79 Å². The molecule has 0 saturated heterocycles. The van der Waals surface area contributed by atoms with Crippen molar-refractivity contribution >= 4 is 5.97 Å². The van der Waals surface area contributed by atoms with Gasteiger partial charge in [-0.2, -0.15) is 0 Å². The predicted molar refractivity (Wildman–Crippen MR) is 42.3 cm³/mol. The number of hydrogen-bond donors (Lipinski definition) is 2. The first-order valence-electron chi connectivity index (χ1n) is 3.00. The highest BCUT2D eigenvalue weighted by Gasteiger charge is 2.04. The van der Waals surface area contributed by atoms with E-state index >= 15 is 0 Å². The van der Waals surface area contributed by atoms with Crippen LogP contribution < -0.4 is 0 Å². The summed E-state index contributed by atoms with van der Waals surface area (Å²) in [5.41, 5.74) is 0.560. The largest absolute Gasteiger partial charge is 0.516 e. The molecule has 0 unspecified atom stereocenters. The minimum Gasteiger partial charge on any atom is -0.516 e. The molecule has 0 heterocycles. The Bertz CT molecular complexity index is 223. The van der Waals surface area contributed by atoms with Crippen LogP contribution in [0.2, 0.25) is 0 Å². The zero-order chi connectivity index (χ0) is 8.85. The Kier molecular flexibility index (Phi) is 3.73. The molecule has 0 amide bonds. The van der Waals surface area contributed by atoms with Crippen LogP contribution in [-0.4, -0.2) is 16.2 Å². The van der Waals surface area contributed by atoms with E-state index in [1.54, 1.807) is 6.92 Å². The highest BCUT2D eigenvalue weighted by atomic mass is 16.4. The summed E-state index contributed by atoms with van der Waals surface area (Å²) in [5.74, 6) is -1.08. The molecule has 11 heavy (non-hydrogen) atoms. The standard InChI is InChI=1S/C8H10O3/c1-3-6(2)7(4-5-9)8(10)11/h3-5,9H,1H2,2H3,(H,10,11)/b5-4+,7-6+. The average Bonchev–Trinajstić information content (AvgIpc) is 1.98. The maximum atomic E-state index is 10.4. The van der Waals surface area contributed by atoms with Gasteiger partial charge in [-0.05, 0) is 18.6 Å². The molecule has 2 N–H and O–H groups in total. The van der Waals surface area contributed by atoms with Gasteiger partial charge in [0, 0.05) is 0 Å². The van der Waals surface area contributed by atoms with Crippen molar-refractivity contribution < 1.29 is 15.0 Å². The van der Waals surface area contributed by atoms with Gasteiger partial charge in [-0.25, -0.2) is 4.79 Å². The van der Waals surface area contributed by atoms with Crippen molar-refractivity contribution in [2.45, 2.75) is 6.92 Å². The van der Waals surface area contributed by atoms with Crippen molar-refractivity contribution in [1.29, 1.82) is 0 Å². The Hall–Kier alpha value is -1.51. The second-order valence-corrected chi connectivity index (χ2v) is 1.92. The molecule has 0 aliphatic carbocycles. The van der Waals surface area contributed by atoms with Gasteiger partial charge in [0.15, 0.2) is 0 Å². The van der Waals surface area contributed by atoms with E-state index in [0.29, 0.717) is 11.8 Å². The minimum atomic E-state index is -1.08. The van der Waals surface area contributed by atoms with Crippen LogP contribution in [0.25, 0.3) is 0 Å². The highest BCUT2D eigenvalue weighted by Crippen LogP contribution is 2.06. The lowest BCUT2D eigenvalue weighted by Gasteiger charge is -1.96. The molecule has 0 bridgehead atoms. The second kappa shape index (κ2) is 4.33. The molecule has 0 fully saturated rings. The van der Waals surface area contributed by atoms with Gasteiger partial charge in [-0.15, -0.1) is 0 Å². The molecule has 0 rings (SSSR count). The SMILES string of the molecule is C=C/C(C)=C(\C=C\O)C(=O)O. The molecule has 0 aliphatic rings. The van der Waals surface area contributed by atoms with E-state index in [1.807, 2.05) is 0 Å². The van der Waals surface area contributed by atoms with Crippen LogP contribution in [0.5, 0.6) is 0 Å². The molecular formula is C8H10O3. The molecular weight excluding hydrogens is 144 g/mol. The number of carboxylic acids is 1. The molecule has 0 atom stereocenters. The lowest BCUT2D eigenvalue weighted by Crippen LogP contribution is -1.99.